The molecule has 0 aromatic heterocycles. The van der Waals surface area contributed by atoms with Crippen LogP contribution in [0.25, 0.3) is 0 Å². The summed E-state index contributed by atoms with van der Waals surface area (Å²) in [5.41, 5.74) is 0. The third-order valence-corrected chi connectivity index (χ3v) is 0. The van der Waals surface area contributed by atoms with Crippen LogP contribution < -0.4 is 0 Å². The molecule has 0 N–H and O–H groups in total. The van der Waals surface area contributed by atoms with Gasteiger partial charge in [0.1, 0.15) is 0 Å². The van der Waals surface area contributed by atoms with Gasteiger partial charge in [0.15, 0.2) is 0 Å². The van der Waals surface area contributed by atoms with Crippen molar-refractivity contribution in [1.82, 2.24) is 0 Å². The second-order valence-electron chi connectivity index (χ2n) is 0. The van der Waals surface area contributed by atoms with E-state index in [-0.39, 0.29) is 110 Å². The number of rotatable bonds is 0. The second kappa shape index (κ2) is 26.1. The fourth-order valence-electron chi connectivity index (χ4n) is 0. The quantitative estimate of drug-likeness (QED) is 0.568. The fourth-order valence-corrected chi connectivity index (χ4v) is 0. The minimum atomic E-state index is 0. The second-order valence-corrected chi connectivity index (χ2v) is 0. The Hall–Kier alpha value is 3.44. The molecule has 5 heteroatoms. The van der Waals surface area contributed by atoms with E-state index in [1.54, 1.807) is 0 Å². The summed E-state index contributed by atoms with van der Waals surface area (Å²) >= 11 is 0. The van der Waals surface area contributed by atoms with E-state index in [1.165, 1.54) is 0 Å². The van der Waals surface area contributed by atoms with Crippen LogP contribution in [0.2, 0.25) is 0 Å². The molecule has 0 spiro atoms. The predicted octanol–water partition coefficient (Wildman–Crippen LogP) is 0.437. The summed E-state index contributed by atoms with van der Waals surface area (Å²) in [4.78, 5) is 0. The molecule has 0 radical (unpaired) electrons. The molecule has 5 heavy (non-hydrogen) atoms. The predicted molar refractivity (Wildman–Crippen MR) is 45.3 cm³/mol. The molecule has 0 bridgehead atoms. The van der Waals surface area contributed by atoms with E-state index in [0.29, 0.717) is 0 Å². The van der Waals surface area contributed by atoms with E-state index in [1.807, 2.05) is 0 Å². The SMILES string of the molecule is Br.Br.Br.[NaH].[NaH]. The van der Waals surface area contributed by atoms with Gasteiger partial charge < -0.3 is 0 Å². The molecule has 0 aliphatic heterocycles. The van der Waals surface area contributed by atoms with Gasteiger partial charge in [-0.1, -0.05) is 0 Å². The van der Waals surface area contributed by atoms with Crippen molar-refractivity contribution >= 4 is 110 Å². The Morgan fingerprint density at radius 3 is 0.400 bits per heavy atom. The van der Waals surface area contributed by atoms with Crippen molar-refractivity contribution in [2.24, 2.45) is 0 Å². The normalized spacial score (nSPS) is 0. The summed E-state index contributed by atoms with van der Waals surface area (Å²) < 4.78 is 0. The summed E-state index contributed by atoms with van der Waals surface area (Å²) in [7, 11) is 0. The van der Waals surface area contributed by atoms with Crippen LogP contribution in [-0.4, -0.2) is 59.1 Å². The molecule has 0 aliphatic carbocycles. The molecule has 0 saturated heterocycles. The van der Waals surface area contributed by atoms with Gasteiger partial charge in [0.05, 0.1) is 0 Å². The van der Waals surface area contributed by atoms with E-state index in [4.69, 9.17) is 0 Å². The third kappa shape index (κ3) is 18.6. The van der Waals surface area contributed by atoms with E-state index in [0.717, 1.165) is 0 Å². The van der Waals surface area contributed by atoms with Gasteiger partial charge in [-0.15, -0.1) is 50.9 Å². The van der Waals surface area contributed by atoms with Crippen molar-refractivity contribution in [2.45, 2.75) is 0 Å². The third-order valence-electron chi connectivity index (χ3n) is 0. The molecule has 0 rings (SSSR count). The van der Waals surface area contributed by atoms with Crippen molar-refractivity contribution in [1.29, 1.82) is 0 Å². The van der Waals surface area contributed by atoms with Gasteiger partial charge in [0.25, 0.3) is 0 Å². The first kappa shape index (κ1) is 39.5. The molecule has 0 unspecified atom stereocenters. The number of hydrogen-bond acceptors (Lipinski definition) is 0. The molecule has 0 aromatic carbocycles. The van der Waals surface area contributed by atoms with Gasteiger partial charge in [-0.3, -0.25) is 0 Å². The first-order valence-electron chi connectivity index (χ1n) is 0. The van der Waals surface area contributed by atoms with Crippen molar-refractivity contribution in [3.63, 3.8) is 0 Å². The standard InChI is InChI=1S/3BrH.2Na.2H/h3*1H;;;;. The summed E-state index contributed by atoms with van der Waals surface area (Å²) in [6.07, 6.45) is 0. The zero-order valence-corrected chi connectivity index (χ0v) is 6.36. The molecular formula is H5Br3Na2. The van der Waals surface area contributed by atoms with E-state index in [2.05, 4.69) is 0 Å². The molecular weight excluding hydrogens is 286 g/mol. The van der Waals surface area contributed by atoms with Crippen LogP contribution in [0.5, 0.6) is 0 Å². The van der Waals surface area contributed by atoms with Crippen LogP contribution in [0.3, 0.4) is 0 Å². The zero-order valence-electron chi connectivity index (χ0n) is 1.22. The Bertz CT molecular complexity index is 4.85. The maximum absolute atomic E-state index is 0. The van der Waals surface area contributed by atoms with E-state index < -0.39 is 0 Å². The molecule has 0 nitrogen and oxygen atoms in total. The minimum absolute atomic E-state index is 0. The summed E-state index contributed by atoms with van der Waals surface area (Å²) in [5.74, 6) is 0. The maximum atomic E-state index is 0. The fraction of sp³-hybridized carbons (Fsp3) is 0. The molecule has 0 aromatic rings. The molecule has 0 fully saturated rings. The number of halogens is 3. The zero-order chi connectivity index (χ0) is 0. The van der Waals surface area contributed by atoms with Gasteiger partial charge in [0.2, 0.25) is 0 Å². The van der Waals surface area contributed by atoms with Crippen LogP contribution in [0.15, 0.2) is 0 Å². The average Bonchev–Trinajstić information content (AvgIpc) is 0. The molecule has 0 amide bonds. The number of hydrogen-bond donors (Lipinski definition) is 0. The van der Waals surface area contributed by atoms with Crippen LogP contribution >= 0.6 is 50.9 Å². The van der Waals surface area contributed by atoms with Crippen molar-refractivity contribution in [3.8, 4) is 0 Å². The monoisotopic (exact) mass is 288 g/mol. The van der Waals surface area contributed by atoms with Crippen LogP contribution in [0.4, 0.5) is 0 Å². The molecule has 28 valence electrons. The molecule has 0 aliphatic rings. The van der Waals surface area contributed by atoms with Crippen molar-refractivity contribution in [2.75, 3.05) is 0 Å². The van der Waals surface area contributed by atoms with Crippen LogP contribution in [-0.2, 0) is 0 Å². The van der Waals surface area contributed by atoms with E-state index in [9.17, 15) is 0 Å². The van der Waals surface area contributed by atoms with Crippen LogP contribution in [0, 0.1) is 0 Å². The summed E-state index contributed by atoms with van der Waals surface area (Å²) in [5, 5.41) is 0. The molecule has 0 atom stereocenters. The summed E-state index contributed by atoms with van der Waals surface area (Å²) in [6.45, 7) is 0. The van der Waals surface area contributed by atoms with Gasteiger partial charge in [-0.25, -0.2) is 0 Å². The van der Waals surface area contributed by atoms with E-state index >= 15 is 0 Å². The van der Waals surface area contributed by atoms with Crippen molar-refractivity contribution < 1.29 is 0 Å². The first-order valence-corrected chi connectivity index (χ1v) is 0. The Morgan fingerprint density at radius 1 is 0.400 bits per heavy atom. The van der Waals surface area contributed by atoms with Gasteiger partial charge in [-0.2, -0.15) is 0 Å². The van der Waals surface area contributed by atoms with Gasteiger partial charge in [0, 0.05) is 0 Å². The average molecular weight is 291 g/mol. The Kier molecular flexibility index (Phi) is 206. The molecule has 0 heterocycles. The Labute approximate surface area is 108 Å². The van der Waals surface area contributed by atoms with Gasteiger partial charge in [-0.05, 0) is 0 Å². The summed E-state index contributed by atoms with van der Waals surface area (Å²) in [6, 6.07) is 0. The Morgan fingerprint density at radius 2 is 0.400 bits per heavy atom. The topological polar surface area (TPSA) is 0 Å². The van der Waals surface area contributed by atoms with Gasteiger partial charge >= 0.3 is 59.1 Å². The Balaban J connectivity index is 0. The first-order chi connectivity index (χ1) is 0. The molecule has 0 saturated carbocycles. The van der Waals surface area contributed by atoms with Crippen LogP contribution in [0.1, 0.15) is 0 Å². The van der Waals surface area contributed by atoms with Crippen molar-refractivity contribution in [3.05, 3.63) is 0 Å².